The number of halogens is 3. The van der Waals surface area contributed by atoms with Gasteiger partial charge in [-0.3, -0.25) is 14.0 Å². The van der Waals surface area contributed by atoms with E-state index in [-0.39, 0.29) is 5.56 Å². The number of hydrogen-bond acceptors (Lipinski definition) is 5. The van der Waals surface area contributed by atoms with Crippen molar-refractivity contribution in [3.05, 3.63) is 63.5 Å². The lowest BCUT2D eigenvalue weighted by atomic mass is 10.1. The van der Waals surface area contributed by atoms with Crippen LogP contribution in [0.3, 0.4) is 0 Å². The summed E-state index contributed by atoms with van der Waals surface area (Å²) in [6.45, 7) is 0. The first-order valence-electron chi connectivity index (χ1n) is 7.27. The molecule has 1 N–H and O–H groups in total. The third kappa shape index (κ3) is 3.40. The van der Waals surface area contributed by atoms with Crippen LogP contribution in [-0.4, -0.2) is 28.6 Å². The number of amides is 1. The number of alkyl halides is 3. The minimum Gasteiger partial charge on any atom is -0.497 e. The van der Waals surface area contributed by atoms with Gasteiger partial charge in [-0.05, 0) is 17.7 Å². The SMILES string of the molecule is COc1ccc(C(NC(=O)c2cnc3sccn3c2=O)C(F)(F)F)cc1. The van der Waals surface area contributed by atoms with E-state index in [1.165, 1.54) is 48.9 Å². The van der Waals surface area contributed by atoms with Crippen molar-refractivity contribution in [2.24, 2.45) is 0 Å². The number of benzene rings is 1. The van der Waals surface area contributed by atoms with Gasteiger partial charge >= 0.3 is 6.18 Å². The molecule has 0 bridgehead atoms. The van der Waals surface area contributed by atoms with Gasteiger partial charge in [-0.25, -0.2) is 4.98 Å². The van der Waals surface area contributed by atoms with Gasteiger partial charge in [0.15, 0.2) is 11.0 Å². The van der Waals surface area contributed by atoms with Crippen LogP contribution >= 0.6 is 11.3 Å². The Balaban J connectivity index is 1.94. The van der Waals surface area contributed by atoms with Gasteiger partial charge in [-0.1, -0.05) is 12.1 Å². The lowest BCUT2D eigenvalue weighted by Crippen LogP contribution is -2.40. The summed E-state index contributed by atoms with van der Waals surface area (Å²) in [6.07, 6.45) is -2.37. The van der Waals surface area contributed by atoms with E-state index in [4.69, 9.17) is 4.74 Å². The van der Waals surface area contributed by atoms with Gasteiger partial charge in [0.25, 0.3) is 11.5 Å². The number of ether oxygens (including phenoxy) is 1. The molecular weight excluding hydrogens is 371 g/mol. The predicted molar refractivity (Wildman–Crippen MR) is 88.6 cm³/mol. The van der Waals surface area contributed by atoms with Crippen molar-refractivity contribution in [1.82, 2.24) is 14.7 Å². The maximum atomic E-state index is 13.4. The van der Waals surface area contributed by atoms with E-state index in [2.05, 4.69) is 4.98 Å². The van der Waals surface area contributed by atoms with Gasteiger partial charge in [0.2, 0.25) is 0 Å². The number of carbonyl (C=O) groups excluding carboxylic acids is 1. The number of nitrogens with one attached hydrogen (secondary N) is 1. The Kier molecular flexibility index (Phi) is 4.68. The topological polar surface area (TPSA) is 72.7 Å². The largest absolute Gasteiger partial charge is 0.497 e. The number of aromatic nitrogens is 2. The Morgan fingerprint density at radius 1 is 1.31 bits per heavy atom. The van der Waals surface area contributed by atoms with Gasteiger partial charge in [0, 0.05) is 17.8 Å². The zero-order chi connectivity index (χ0) is 18.9. The minimum atomic E-state index is -4.75. The molecule has 6 nitrogen and oxygen atoms in total. The summed E-state index contributed by atoms with van der Waals surface area (Å²) in [4.78, 5) is 28.8. The summed E-state index contributed by atoms with van der Waals surface area (Å²) in [6, 6.07) is 2.83. The fourth-order valence-electron chi connectivity index (χ4n) is 2.34. The summed E-state index contributed by atoms with van der Waals surface area (Å²) in [5.74, 6) is -0.771. The molecule has 0 aliphatic heterocycles. The second-order valence-corrected chi connectivity index (χ2v) is 6.13. The molecule has 1 atom stereocenters. The van der Waals surface area contributed by atoms with Crippen LogP contribution in [0.25, 0.3) is 4.96 Å². The zero-order valence-corrected chi connectivity index (χ0v) is 14.1. The summed E-state index contributed by atoms with van der Waals surface area (Å²) in [5, 5.41) is 3.45. The standard InChI is InChI=1S/C16H12F3N3O3S/c1-25-10-4-2-9(3-5-10)12(16(17,18)19)21-13(23)11-8-20-15-22(14(11)24)6-7-26-15/h2-8,12H,1H3,(H,21,23). The maximum Gasteiger partial charge on any atom is 0.412 e. The molecule has 2 aromatic heterocycles. The van der Waals surface area contributed by atoms with E-state index in [0.717, 1.165) is 10.6 Å². The average molecular weight is 383 g/mol. The van der Waals surface area contributed by atoms with Crippen molar-refractivity contribution < 1.29 is 22.7 Å². The third-order valence-corrected chi connectivity index (χ3v) is 4.41. The van der Waals surface area contributed by atoms with Crippen LogP contribution in [0.5, 0.6) is 5.75 Å². The number of fused-ring (bicyclic) bond motifs is 1. The third-order valence-electron chi connectivity index (χ3n) is 3.64. The Morgan fingerprint density at radius 3 is 2.62 bits per heavy atom. The van der Waals surface area contributed by atoms with E-state index >= 15 is 0 Å². The van der Waals surface area contributed by atoms with Crippen LogP contribution in [0.15, 0.2) is 46.8 Å². The molecule has 0 saturated heterocycles. The molecule has 0 radical (unpaired) electrons. The molecule has 1 aromatic carbocycles. The number of methoxy groups -OCH3 is 1. The first kappa shape index (κ1) is 17.9. The first-order chi connectivity index (χ1) is 12.3. The van der Waals surface area contributed by atoms with Gasteiger partial charge in [-0.15, -0.1) is 11.3 Å². The molecular formula is C16H12F3N3O3S. The highest BCUT2D eigenvalue weighted by molar-refractivity contribution is 7.15. The summed E-state index contributed by atoms with van der Waals surface area (Å²) >= 11 is 1.17. The molecule has 2 heterocycles. The van der Waals surface area contributed by atoms with E-state index < -0.39 is 29.2 Å². The van der Waals surface area contributed by atoms with Crippen LogP contribution in [0.2, 0.25) is 0 Å². The van der Waals surface area contributed by atoms with Crippen LogP contribution < -0.4 is 15.6 Å². The normalized spacial score (nSPS) is 12.8. The Labute approximate surface area is 148 Å². The zero-order valence-electron chi connectivity index (χ0n) is 13.3. The molecule has 1 unspecified atom stereocenters. The van der Waals surface area contributed by atoms with E-state index in [1.54, 1.807) is 5.38 Å². The van der Waals surface area contributed by atoms with Crippen LogP contribution in [-0.2, 0) is 0 Å². The van der Waals surface area contributed by atoms with Crippen LogP contribution in [0.4, 0.5) is 13.2 Å². The van der Waals surface area contributed by atoms with Gasteiger partial charge in [0.1, 0.15) is 11.3 Å². The number of carbonyl (C=O) groups is 1. The van der Waals surface area contributed by atoms with Gasteiger partial charge in [-0.2, -0.15) is 13.2 Å². The molecule has 26 heavy (non-hydrogen) atoms. The quantitative estimate of drug-likeness (QED) is 0.752. The predicted octanol–water partition coefficient (Wildman–Crippen LogP) is 2.80. The molecule has 1 amide bonds. The molecule has 0 aliphatic carbocycles. The van der Waals surface area contributed by atoms with Crippen molar-refractivity contribution in [3.63, 3.8) is 0 Å². The highest BCUT2D eigenvalue weighted by Crippen LogP contribution is 2.33. The number of nitrogens with zero attached hydrogens (tertiary/aromatic N) is 2. The molecule has 0 fully saturated rings. The van der Waals surface area contributed by atoms with E-state index in [9.17, 15) is 22.8 Å². The molecule has 3 rings (SSSR count). The fourth-order valence-corrected chi connectivity index (χ4v) is 3.01. The highest BCUT2D eigenvalue weighted by atomic mass is 32.1. The van der Waals surface area contributed by atoms with E-state index in [1.807, 2.05) is 5.32 Å². The second-order valence-electron chi connectivity index (χ2n) is 5.25. The number of rotatable bonds is 4. The van der Waals surface area contributed by atoms with Gasteiger partial charge < -0.3 is 10.1 Å². The smallest absolute Gasteiger partial charge is 0.412 e. The van der Waals surface area contributed by atoms with Crippen LogP contribution in [0.1, 0.15) is 22.0 Å². The molecule has 0 saturated carbocycles. The molecule has 10 heteroatoms. The Morgan fingerprint density at radius 2 is 2.00 bits per heavy atom. The molecule has 136 valence electrons. The molecule has 3 aromatic rings. The fraction of sp³-hybridized carbons (Fsp3) is 0.188. The summed E-state index contributed by atoms with van der Waals surface area (Å²) in [5.41, 5.74) is -1.38. The lowest BCUT2D eigenvalue weighted by molar-refractivity contribution is -0.155. The Bertz CT molecular complexity index is 996. The maximum absolute atomic E-state index is 13.4. The highest BCUT2D eigenvalue weighted by Gasteiger charge is 2.42. The second kappa shape index (κ2) is 6.79. The van der Waals surface area contributed by atoms with Gasteiger partial charge in [0.05, 0.1) is 7.11 Å². The van der Waals surface area contributed by atoms with Crippen molar-refractivity contribution in [3.8, 4) is 5.75 Å². The Hall–Kier alpha value is -2.88. The number of hydrogen-bond donors (Lipinski definition) is 1. The molecule has 0 spiro atoms. The van der Waals surface area contributed by atoms with Crippen LogP contribution in [0, 0.1) is 0 Å². The van der Waals surface area contributed by atoms with Crippen molar-refractivity contribution in [1.29, 1.82) is 0 Å². The monoisotopic (exact) mass is 383 g/mol. The minimum absolute atomic E-state index is 0.184. The lowest BCUT2D eigenvalue weighted by Gasteiger charge is -2.22. The number of thiazole rings is 1. The molecule has 0 aliphatic rings. The summed E-state index contributed by atoms with van der Waals surface area (Å²) < 4.78 is 46.3. The summed E-state index contributed by atoms with van der Waals surface area (Å²) in [7, 11) is 1.39. The van der Waals surface area contributed by atoms with Crippen molar-refractivity contribution in [2.45, 2.75) is 12.2 Å². The first-order valence-corrected chi connectivity index (χ1v) is 8.15. The average Bonchev–Trinajstić information content (AvgIpc) is 3.08. The van der Waals surface area contributed by atoms with Crippen molar-refractivity contribution >= 4 is 22.2 Å². The van der Waals surface area contributed by atoms with E-state index in [0.29, 0.717) is 10.7 Å². The van der Waals surface area contributed by atoms with Crippen molar-refractivity contribution in [2.75, 3.05) is 7.11 Å².